The number of imide groups is 1. The lowest BCUT2D eigenvalue weighted by atomic mass is 10.2. The summed E-state index contributed by atoms with van der Waals surface area (Å²) in [5.41, 5.74) is -1.64. The second kappa shape index (κ2) is 9.23. The number of anilines is 1. The van der Waals surface area contributed by atoms with E-state index in [0.29, 0.717) is 0 Å². The molecular weight excluding hydrogens is 459 g/mol. The Kier molecular flexibility index (Phi) is 6.64. The lowest BCUT2D eigenvalue weighted by molar-refractivity contribution is -0.137. The van der Waals surface area contributed by atoms with Gasteiger partial charge in [-0.05, 0) is 54.6 Å². The summed E-state index contributed by atoms with van der Waals surface area (Å²) in [4.78, 5) is 23.8. The van der Waals surface area contributed by atoms with E-state index in [4.69, 9.17) is 16.3 Å². The average Bonchev–Trinajstić information content (AvgIpc) is 2.70. The van der Waals surface area contributed by atoms with Gasteiger partial charge in [-0.25, -0.2) is 13.6 Å². The van der Waals surface area contributed by atoms with Crippen LogP contribution >= 0.6 is 11.6 Å². The molecule has 0 bridgehead atoms. The Morgan fingerprint density at radius 2 is 1.53 bits per heavy atom. The Bertz CT molecular complexity index is 1150. The van der Waals surface area contributed by atoms with E-state index in [-0.39, 0.29) is 22.2 Å². The Morgan fingerprint density at radius 1 is 0.906 bits per heavy atom. The molecule has 11 heteroatoms. The maximum Gasteiger partial charge on any atom is 0.416 e. The van der Waals surface area contributed by atoms with Gasteiger partial charge in [-0.2, -0.15) is 13.2 Å². The molecule has 3 amide bonds. The van der Waals surface area contributed by atoms with Crippen molar-refractivity contribution in [3.8, 4) is 11.5 Å². The van der Waals surface area contributed by atoms with Gasteiger partial charge < -0.3 is 10.1 Å². The van der Waals surface area contributed by atoms with E-state index in [1.165, 1.54) is 24.3 Å². The van der Waals surface area contributed by atoms with E-state index in [1.807, 2.05) is 0 Å². The molecule has 0 heterocycles. The van der Waals surface area contributed by atoms with E-state index < -0.39 is 40.9 Å². The number of alkyl halides is 3. The van der Waals surface area contributed by atoms with Crippen LogP contribution in [-0.4, -0.2) is 11.9 Å². The minimum atomic E-state index is -4.55. The third-order valence-corrected chi connectivity index (χ3v) is 4.31. The summed E-state index contributed by atoms with van der Waals surface area (Å²) in [6.45, 7) is 0. The molecule has 3 aromatic rings. The Morgan fingerprint density at radius 3 is 2.09 bits per heavy atom. The first-order chi connectivity index (χ1) is 15.0. The van der Waals surface area contributed by atoms with Gasteiger partial charge in [-0.15, -0.1) is 0 Å². The highest BCUT2D eigenvalue weighted by atomic mass is 35.5. The Hall–Kier alpha value is -3.66. The van der Waals surface area contributed by atoms with Gasteiger partial charge in [0.25, 0.3) is 5.91 Å². The van der Waals surface area contributed by atoms with Gasteiger partial charge in [0.05, 0.1) is 10.6 Å². The summed E-state index contributed by atoms with van der Waals surface area (Å²) < 4.78 is 70.7. The zero-order chi connectivity index (χ0) is 23.5. The molecule has 166 valence electrons. The smallest absolute Gasteiger partial charge is 0.416 e. The van der Waals surface area contributed by atoms with Crippen molar-refractivity contribution >= 4 is 29.2 Å². The van der Waals surface area contributed by atoms with Crippen LogP contribution in [0.25, 0.3) is 0 Å². The van der Waals surface area contributed by atoms with Gasteiger partial charge in [0, 0.05) is 5.69 Å². The number of amides is 3. The second-order valence-electron chi connectivity index (χ2n) is 6.27. The highest BCUT2D eigenvalue weighted by molar-refractivity contribution is 6.32. The standard InChI is InChI=1S/C21H12ClF5N2O3/c22-14-10-11(21(25,26)27)4-9-17(14)32-13-7-5-12(6-8-13)28-20(31)29-19(30)18-15(23)2-1-3-16(18)24/h1-10H,(H2,28,29,30,31). The van der Waals surface area contributed by atoms with Crippen molar-refractivity contribution in [1.82, 2.24) is 5.32 Å². The van der Waals surface area contributed by atoms with Crippen LogP contribution < -0.4 is 15.4 Å². The molecular formula is C21H12ClF5N2O3. The van der Waals surface area contributed by atoms with Crippen molar-refractivity contribution < 1.29 is 36.3 Å². The average molecular weight is 471 g/mol. The zero-order valence-electron chi connectivity index (χ0n) is 15.8. The molecule has 0 spiro atoms. The Labute approximate surface area is 182 Å². The van der Waals surface area contributed by atoms with Crippen molar-refractivity contribution in [2.75, 3.05) is 5.32 Å². The molecule has 32 heavy (non-hydrogen) atoms. The van der Waals surface area contributed by atoms with Gasteiger partial charge in [0.15, 0.2) is 0 Å². The van der Waals surface area contributed by atoms with E-state index in [1.54, 1.807) is 5.32 Å². The summed E-state index contributed by atoms with van der Waals surface area (Å²) in [5.74, 6) is -3.34. The fourth-order valence-electron chi connectivity index (χ4n) is 2.54. The predicted octanol–water partition coefficient (Wildman–Crippen LogP) is 6.39. The van der Waals surface area contributed by atoms with Crippen LogP contribution in [0.4, 0.5) is 32.4 Å². The largest absolute Gasteiger partial charge is 0.456 e. The molecule has 0 radical (unpaired) electrons. The number of hydrogen-bond acceptors (Lipinski definition) is 3. The predicted molar refractivity (Wildman–Crippen MR) is 106 cm³/mol. The maximum absolute atomic E-state index is 13.6. The van der Waals surface area contributed by atoms with Gasteiger partial charge in [0.2, 0.25) is 0 Å². The molecule has 0 saturated carbocycles. The van der Waals surface area contributed by atoms with Gasteiger partial charge in [-0.3, -0.25) is 10.1 Å². The molecule has 0 fully saturated rings. The summed E-state index contributed by atoms with van der Waals surface area (Å²) in [6.07, 6.45) is -4.55. The molecule has 0 aromatic heterocycles. The lowest BCUT2D eigenvalue weighted by Gasteiger charge is -2.12. The third kappa shape index (κ3) is 5.52. The van der Waals surface area contributed by atoms with Crippen LogP contribution in [-0.2, 0) is 6.18 Å². The zero-order valence-corrected chi connectivity index (χ0v) is 16.5. The number of nitrogens with one attached hydrogen (secondary N) is 2. The minimum Gasteiger partial charge on any atom is -0.456 e. The first-order valence-corrected chi connectivity index (χ1v) is 9.13. The summed E-state index contributed by atoms with van der Waals surface area (Å²) >= 11 is 5.83. The van der Waals surface area contributed by atoms with Crippen LogP contribution in [0.3, 0.4) is 0 Å². The SMILES string of the molecule is O=C(NC(=O)c1c(F)cccc1F)Nc1ccc(Oc2ccc(C(F)(F)F)cc2Cl)cc1. The fraction of sp³-hybridized carbons (Fsp3) is 0.0476. The number of ether oxygens (including phenoxy) is 1. The molecule has 0 aliphatic rings. The summed E-state index contributed by atoms with van der Waals surface area (Å²) in [7, 11) is 0. The van der Waals surface area contributed by atoms with E-state index in [0.717, 1.165) is 36.4 Å². The van der Waals surface area contributed by atoms with Crippen LogP contribution in [0.1, 0.15) is 15.9 Å². The van der Waals surface area contributed by atoms with Crippen LogP contribution in [0, 0.1) is 11.6 Å². The maximum atomic E-state index is 13.6. The monoisotopic (exact) mass is 470 g/mol. The first-order valence-electron chi connectivity index (χ1n) is 8.75. The van der Waals surface area contributed by atoms with Crippen molar-refractivity contribution in [2.45, 2.75) is 6.18 Å². The van der Waals surface area contributed by atoms with Gasteiger partial charge in [0.1, 0.15) is 28.7 Å². The molecule has 0 aliphatic heterocycles. The second-order valence-corrected chi connectivity index (χ2v) is 6.68. The third-order valence-electron chi connectivity index (χ3n) is 4.02. The minimum absolute atomic E-state index is 0.0179. The highest BCUT2D eigenvalue weighted by Gasteiger charge is 2.31. The topological polar surface area (TPSA) is 67.4 Å². The van der Waals surface area contributed by atoms with Crippen LogP contribution in [0.5, 0.6) is 11.5 Å². The number of rotatable bonds is 4. The van der Waals surface area contributed by atoms with Crippen LogP contribution in [0.15, 0.2) is 60.7 Å². The van der Waals surface area contributed by atoms with Gasteiger partial charge >= 0.3 is 12.2 Å². The Balaban J connectivity index is 1.62. The molecule has 3 aromatic carbocycles. The number of carbonyl (C=O) groups is 2. The molecule has 2 N–H and O–H groups in total. The number of halogens is 6. The molecule has 0 aliphatic carbocycles. The lowest BCUT2D eigenvalue weighted by Crippen LogP contribution is -2.35. The van der Waals surface area contributed by atoms with E-state index >= 15 is 0 Å². The highest BCUT2D eigenvalue weighted by Crippen LogP contribution is 2.36. The molecule has 0 saturated heterocycles. The fourth-order valence-corrected chi connectivity index (χ4v) is 2.76. The van der Waals surface area contributed by atoms with Crippen molar-refractivity contribution in [3.05, 3.63) is 88.4 Å². The van der Waals surface area contributed by atoms with E-state index in [9.17, 15) is 31.5 Å². The normalized spacial score (nSPS) is 11.1. The molecule has 0 atom stereocenters. The number of carbonyl (C=O) groups excluding carboxylic acids is 2. The molecule has 5 nitrogen and oxygen atoms in total. The molecule has 3 rings (SSSR count). The molecule has 0 unspecified atom stereocenters. The number of hydrogen-bond donors (Lipinski definition) is 2. The van der Waals surface area contributed by atoms with E-state index in [2.05, 4.69) is 5.32 Å². The quantitative estimate of drug-likeness (QED) is 0.434. The van der Waals surface area contributed by atoms with Crippen molar-refractivity contribution in [2.24, 2.45) is 0 Å². The van der Waals surface area contributed by atoms with Gasteiger partial charge in [-0.1, -0.05) is 17.7 Å². The summed E-state index contributed by atoms with van der Waals surface area (Å²) in [6, 6.07) is 9.86. The van der Waals surface area contributed by atoms with Crippen LogP contribution in [0.2, 0.25) is 5.02 Å². The number of urea groups is 1. The van der Waals surface area contributed by atoms with Crippen molar-refractivity contribution in [1.29, 1.82) is 0 Å². The number of benzene rings is 3. The summed E-state index contributed by atoms with van der Waals surface area (Å²) in [5, 5.41) is 3.83. The first kappa shape index (κ1) is 23.0. The van der Waals surface area contributed by atoms with Crippen molar-refractivity contribution in [3.63, 3.8) is 0 Å².